The Balaban J connectivity index is 2.54. The van der Waals surface area contributed by atoms with E-state index in [0.717, 1.165) is 6.26 Å². The summed E-state index contributed by atoms with van der Waals surface area (Å²) in [7, 11) is 0. The van der Waals surface area contributed by atoms with E-state index in [1.165, 1.54) is 0 Å². The lowest BCUT2D eigenvalue weighted by Gasteiger charge is -2.12. The summed E-state index contributed by atoms with van der Waals surface area (Å²) in [6.07, 6.45) is 0.997. The molecular formula is C9H12F2N2O4. The van der Waals surface area contributed by atoms with Crippen LogP contribution in [0.2, 0.25) is 0 Å². The molecule has 0 bridgehead atoms. The first-order valence-corrected chi connectivity index (χ1v) is 4.83. The fourth-order valence-electron chi connectivity index (χ4n) is 0.915. The van der Waals surface area contributed by atoms with E-state index in [2.05, 4.69) is 15.0 Å². The molecule has 0 aliphatic rings. The van der Waals surface area contributed by atoms with Gasteiger partial charge in [-0.05, 0) is 6.92 Å². The number of hydrogen-bond donors (Lipinski definition) is 2. The maximum Gasteiger partial charge on any atom is 0.360 e. The van der Waals surface area contributed by atoms with E-state index in [-0.39, 0.29) is 18.3 Å². The molecule has 1 heterocycles. The van der Waals surface area contributed by atoms with Crippen LogP contribution in [0.1, 0.15) is 17.4 Å². The van der Waals surface area contributed by atoms with E-state index in [4.69, 9.17) is 9.52 Å². The number of aliphatic hydroxyl groups is 1. The number of aliphatic hydroxyl groups excluding tert-OH is 1. The SMILES string of the molecule is CCOC(=O)c1coc(NCC(F)(F)CO)n1. The largest absolute Gasteiger partial charge is 0.461 e. The van der Waals surface area contributed by atoms with Gasteiger partial charge in [0.1, 0.15) is 12.9 Å². The van der Waals surface area contributed by atoms with Crippen LogP contribution in [0.5, 0.6) is 0 Å². The summed E-state index contributed by atoms with van der Waals surface area (Å²) in [4.78, 5) is 14.8. The van der Waals surface area contributed by atoms with Crippen LogP contribution in [0.3, 0.4) is 0 Å². The van der Waals surface area contributed by atoms with Gasteiger partial charge < -0.3 is 19.6 Å². The van der Waals surface area contributed by atoms with Gasteiger partial charge in [-0.1, -0.05) is 0 Å². The Bertz CT molecular complexity index is 381. The maximum absolute atomic E-state index is 12.7. The van der Waals surface area contributed by atoms with E-state index < -0.39 is 25.0 Å². The lowest BCUT2D eigenvalue weighted by Crippen LogP contribution is -2.31. The minimum absolute atomic E-state index is 0.110. The molecule has 0 saturated heterocycles. The zero-order valence-corrected chi connectivity index (χ0v) is 9.07. The Hall–Kier alpha value is -1.70. The number of nitrogens with one attached hydrogen (secondary N) is 1. The molecule has 1 aromatic heterocycles. The predicted octanol–water partition coefficient (Wildman–Crippen LogP) is 0.891. The van der Waals surface area contributed by atoms with Crippen molar-refractivity contribution in [3.63, 3.8) is 0 Å². The van der Waals surface area contributed by atoms with Gasteiger partial charge in [-0.15, -0.1) is 0 Å². The molecule has 96 valence electrons. The third-order valence-corrected chi connectivity index (χ3v) is 1.72. The van der Waals surface area contributed by atoms with Gasteiger partial charge in [0, 0.05) is 0 Å². The van der Waals surface area contributed by atoms with Crippen molar-refractivity contribution in [1.82, 2.24) is 4.98 Å². The Labute approximate surface area is 95.6 Å². The van der Waals surface area contributed by atoms with Crippen molar-refractivity contribution >= 4 is 12.0 Å². The molecule has 8 heteroatoms. The first-order valence-electron chi connectivity index (χ1n) is 4.83. The topological polar surface area (TPSA) is 84.6 Å². The highest BCUT2D eigenvalue weighted by Gasteiger charge is 2.28. The highest BCUT2D eigenvalue weighted by molar-refractivity contribution is 5.87. The van der Waals surface area contributed by atoms with Crippen LogP contribution in [0.25, 0.3) is 0 Å². The quantitative estimate of drug-likeness (QED) is 0.729. The summed E-state index contributed by atoms with van der Waals surface area (Å²) in [5.41, 5.74) is -0.110. The molecule has 0 spiro atoms. The number of alkyl halides is 2. The van der Waals surface area contributed by atoms with Gasteiger partial charge in [0.15, 0.2) is 5.69 Å². The van der Waals surface area contributed by atoms with Crippen LogP contribution in [-0.4, -0.2) is 41.7 Å². The van der Waals surface area contributed by atoms with Crippen molar-refractivity contribution in [2.24, 2.45) is 0 Å². The first kappa shape index (κ1) is 13.4. The average Bonchev–Trinajstić information content (AvgIpc) is 2.76. The van der Waals surface area contributed by atoms with Crippen molar-refractivity contribution < 1.29 is 27.8 Å². The summed E-state index contributed by atoms with van der Waals surface area (Å²) < 4.78 is 34.7. The van der Waals surface area contributed by atoms with Crippen molar-refractivity contribution in [1.29, 1.82) is 0 Å². The molecule has 1 rings (SSSR count). The Kier molecular flexibility index (Phi) is 4.38. The molecule has 0 unspecified atom stereocenters. The molecule has 6 nitrogen and oxygen atoms in total. The predicted molar refractivity (Wildman–Crippen MR) is 53.0 cm³/mol. The molecule has 17 heavy (non-hydrogen) atoms. The highest BCUT2D eigenvalue weighted by Crippen LogP contribution is 2.14. The van der Waals surface area contributed by atoms with Crippen molar-refractivity contribution in [3.8, 4) is 0 Å². The summed E-state index contributed by atoms with van der Waals surface area (Å²) in [5, 5.41) is 10.5. The zero-order valence-electron chi connectivity index (χ0n) is 9.07. The highest BCUT2D eigenvalue weighted by atomic mass is 19.3. The second kappa shape index (κ2) is 5.58. The van der Waals surface area contributed by atoms with Crippen molar-refractivity contribution in [2.75, 3.05) is 25.1 Å². The summed E-state index contributed by atoms with van der Waals surface area (Å²) in [6, 6.07) is -0.235. The Morgan fingerprint density at radius 1 is 1.71 bits per heavy atom. The number of esters is 1. The number of ether oxygens (including phenoxy) is 1. The van der Waals surface area contributed by atoms with Crippen LogP contribution in [-0.2, 0) is 4.74 Å². The van der Waals surface area contributed by atoms with E-state index >= 15 is 0 Å². The summed E-state index contributed by atoms with van der Waals surface area (Å²) in [5.74, 6) is -3.98. The minimum Gasteiger partial charge on any atom is -0.461 e. The Morgan fingerprint density at radius 2 is 2.41 bits per heavy atom. The second-order valence-electron chi connectivity index (χ2n) is 3.13. The maximum atomic E-state index is 12.7. The molecule has 1 aromatic rings. The van der Waals surface area contributed by atoms with Gasteiger partial charge in [-0.25, -0.2) is 13.6 Å². The van der Waals surface area contributed by atoms with Crippen LogP contribution in [0.4, 0.5) is 14.8 Å². The van der Waals surface area contributed by atoms with Gasteiger partial charge in [0.25, 0.3) is 11.9 Å². The second-order valence-corrected chi connectivity index (χ2v) is 3.13. The van der Waals surface area contributed by atoms with Gasteiger partial charge in [0.2, 0.25) is 0 Å². The molecular weight excluding hydrogens is 238 g/mol. The van der Waals surface area contributed by atoms with Crippen molar-refractivity contribution in [2.45, 2.75) is 12.8 Å². The minimum atomic E-state index is -3.28. The van der Waals surface area contributed by atoms with Crippen LogP contribution in [0, 0.1) is 0 Å². The number of aromatic nitrogens is 1. The third kappa shape index (κ3) is 3.99. The number of nitrogens with zero attached hydrogens (tertiary/aromatic N) is 1. The summed E-state index contributed by atoms with van der Waals surface area (Å²) in [6.45, 7) is -0.326. The lowest BCUT2D eigenvalue weighted by molar-refractivity contribution is -0.0376. The molecule has 0 atom stereocenters. The number of carbonyl (C=O) groups is 1. The number of halogens is 2. The molecule has 0 saturated carbocycles. The lowest BCUT2D eigenvalue weighted by atomic mass is 10.3. The van der Waals surface area contributed by atoms with Crippen LogP contribution in [0.15, 0.2) is 10.7 Å². The Morgan fingerprint density at radius 3 is 3.00 bits per heavy atom. The van der Waals surface area contributed by atoms with Crippen molar-refractivity contribution in [3.05, 3.63) is 12.0 Å². The van der Waals surface area contributed by atoms with E-state index in [0.29, 0.717) is 0 Å². The zero-order chi connectivity index (χ0) is 12.9. The number of carbonyl (C=O) groups excluding carboxylic acids is 1. The molecule has 0 amide bonds. The number of oxazole rings is 1. The molecule has 0 aromatic carbocycles. The van der Waals surface area contributed by atoms with Gasteiger partial charge in [-0.2, -0.15) is 4.98 Å². The normalized spacial score (nSPS) is 11.3. The van der Waals surface area contributed by atoms with E-state index in [1.54, 1.807) is 6.92 Å². The molecule has 0 aliphatic heterocycles. The average molecular weight is 250 g/mol. The standard InChI is InChI=1S/C9H12F2N2O4/c1-2-16-7(15)6-3-17-8(13-6)12-4-9(10,11)5-14/h3,14H,2,4-5H2,1H3,(H,12,13). The van der Waals surface area contributed by atoms with Crippen LogP contribution >= 0.6 is 0 Å². The summed E-state index contributed by atoms with van der Waals surface area (Å²) >= 11 is 0. The number of anilines is 1. The fraction of sp³-hybridized carbons (Fsp3) is 0.556. The first-order chi connectivity index (χ1) is 7.98. The monoisotopic (exact) mass is 250 g/mol. The number of rotatable bonds is 6. The van der Waals surface area contributed by atoms with Crippen LogP contribution < -0.4 is 5.32 Å². The fourth-order valence-corrected chi connectivity index (χ4v) is 0.915. The van der Waals surface area contributed by atoms with Gasteiger partial charge in [-0.3, -0.25) is 0 Å². The van der Waals surface area contributed by atoms with E-state index in [1.807, 2.05) is 0 Å². The number of hydrogen-bond acceptors (Lipinski definition) is 6. The molecule has 0 radical (unpaired) electrons. The third-order valence-electron chi connectivity index (χ3n) is 1.72. The van der Waals surface area contributed by atoms with Gasteiger partial charge >= 0.3 is 5.97 Å². The molecule has 2 N–H and O–H groups in total. The molecule has 0 fully saturated rings. The smallest absolute Gasteiger partial charge is 0.360 e. The van der Waals surface area contributed by atoms with Gasteiger partial charge in [0.05, 0.1) is 13.2 Å². The van der Waals surface area contributed by atoms with E-state index in [9.17, 15) is 13.6 Å². The molecule has 0 aliphatic carbocycles.